The zero-order valence-electron chi connectivity index (χ0n) is 10.9. The lowest BCUT2D eigenvalue weighted by Crippen LogP contribution is -2.23. The molecule has 0 aliphatic rings. The molecule has 0 unspecified atom stereocenters. The minimum atomic E-state index is -1.14. The molecule has 0 spiro atoms. The number of nitrogens with two attached hydrogens (primary N) is 1. The summed E-state index contributed by atoms with van der Waals surface area (Å²) < 4.78 is 6.88. The number of imidazole rings is 1. The van der Waals surface area contributed by atoms with E-state index < -0.39 is 14.0 Å². The van der Waals surface area contributed by atoms with Crippen molar-refractivity contribution >= 4 is 14.0 Å². The lowest BCUT2D eigenvalue weighted by atomic mass is 10.5. The quantitative estimate of drug-likeness (QED) is 0.617. The summed E-state index contributed by atoms with van der Waals surface area (Å²) in [5.41, 5.74) is 5.45. The van der Waals surface area contributed by atoms with E-state index in [-0.39, 0.29) is 18.2 Å². The normalized spacial score (nSPS) is 11.2. The van der Waals surface area contributed by atoms with Gasteiger partial charge < -0.3 is 10.5 Å². The van der Waals surface area contributed by atoms with E-state index in [4.69, 9.17) is 15.7 Å². The molecule has 1 amide bonds. The molecule has 0 saturated heterocycles. The second-order valence-corrected chi connectivity index (χ2v) is 10.8. The van der Waals surface area contributed by atoms with Crippen LogP contribution in [0.2, 0.25) is 25.7 Å². The summed E-state index contributed by atoms with van der Waals surface area (Å²) >= 11 is 0. The van der Waals surface area contributed by atoms with Crippen LogP contribution in [-0.2, 0) is 11.5 Å². The van der Waals surface area contributed by atoms with Gasteiger partial charge in [0.15, 0.2) is 0 Å². The number of primary amides is 1. The predicted molar refractivity (Wildman–Crippen MR) is 69.6 cm³/mol. The number of nitriles is 1. The molecule has 0 aliphatic carbocycles. The highest BCUT2D eigenvalue weighted by atomic mass is 28.3. The first kappa shape index (κ1) is 14.4. The van der Waals surface area contributed by atoms with Gasteiger partial charge in [0.2, 0.25) is 5.82 Å². The number of carbonyl (C=O) groups is 1. The third-order valence-corrected chi connectivity index (χ3v) is 4.11. The minimum Gasteiger partial charge on any atom is -0.363 e. The molecule has 2 N–H and O–H groups in total. The molecule has 0 aliphatic heterocycles. The van der Waals surface area contributed by atoms with Gasteiger partial charge in [0, 0.05) is 14.7 Å². The van der Waals surface area contributed by atoms with Crippen LogP contribution in [-0.4, -0.2) is 30.1 Å². The van der Waals surface area contributed by atoms with Crippen molar-refractivity contribution in [1.29, 1.82) is 5.26 Å². The summed E-state index contributed by atoms with van der Waals surface area (Å²) in [6.07, 6.45) is 1.32. The zero-order valence-corrected chi connectivity index (χ0v) is 11.9. The Morgan fingerprint density at radius 3 is 2.78 bits per heavy atom. The smallest absolute Gasteiger partial charge is 0.284 e. The second-order valence-electron chi connectivity index (χ2n) is 5.22. The molecule has 1 rings (SSSR count). The van der Waals surface area contributed by atoms with Gasteiger partial charge in [-0.3, -0.25) is 9.36 Å². The number of amides is 1. The van der Waals surface area contributed by atoms with E-state index in [1.807, 2.05) is 6.07 Å². The maximum absolute atomic E-state index is 11.1. The molecule has 18 heavy (non-hydrogen) atoms. The van der Waals surface area contributed by atoms with E-state index >= 15 is 0 Å². The van der Waals surface area contributed by atoms with E-state index in [0.29, 0.717) is 6.61 Å². The summed E-state index contributed by atoms with van der Waals surface area (Å²) in [6, 6.07) is 2.97. The Balaban J connectivity index is 2.64. The van der Waals surface area contributed by atoms with E-state index in [0.717, 1.165) is 6.04 Å². The molecular formula is C11H18N4O2Si. The standard InChI is InChI=1S/C11H18N4O2Si/c1-18(2,3)5-4-17-8-15-9(6-12)7-14-11(15)10(13)16/h7H,4-5,8H2,1-3H3,(H2,13,16). The van der Waals surface area contributed by atoms with Gasteiger partial charge in [-0.15, -0.1) is 0 Å². The van der Waals surface area contributed by atoms with Crippen molar-refractivity contribution in [3.8, 4) is 6.07 Å². The van der Waals surface area contributed by atoms with E-state index in [1.54, 1.807) is 0 Å². The summed E-state index contributed by atoms with van der Waals surface area (Å²) in [7, 11) is -1.14. The monoisotopic (exact) mass is 266 g/mol. The highest BCUT2D eigenvalue weighted by molar-refractivity contribution is 6.76. The molecule has 7 heteroatoms. The lowest BCUT2D eigenvalue weighted by Gasteiger charge is -2.16. The van der Waals surface area contributed by atoms with Crippen LogP contribution in [0.25, 0.3) is 0 Å². The predicted octanol–water partition coefficient (Wildman–Crippen LogP) is 1.17. The third-order valence-electron chi connectivity index (χ3n) is 2.41. The van der Waals surface area contributed by atoms with Crippen molar-refractivity contribution in [2.24, 2.45) is 5.73 Å². The fourth-order valence-corrected chi connectivity index (χ4v) is 2.08. The Morgan fingerprint density at radius 1 is 1.61 bits per heavy atom. The molecular weight excluding hydrogens is 248 g/mol. The molecule has 0 bridgehead atoms. The van der Waals surface area contributed by atoms with Crippen molar-refractivity contribution < 1.29 is 9.53 Å². The Hall–Kier alpha value is -1.65. The van der Waals surface area contributed by atoms with Gasteiger partial charge in [-0.2, -0.15) is 5.26 Å². The summed E-state index contributed by atoms with van der Waals surface area (Å²) in [5.74, 6) is -0.607. The molecule has 1 heterocycles. The fourth-order valence-electron chi connectivity index (χ4n) is 1.33. The van der Waals surface area contributed by atoms with Crippen molar-refractivity contribution in [1.82, 2.24) is 9.55 Å². The molecule has 0 fully saturated rings. The van der Waals surface area contributed by atoms with E-state index in [9.17, 15) is 4.79 Å². The van der Waals surface area contributed by atoms with Gasteiger partial charge in [0.25, 0.3) is 5.91 Å². The number of aromatic nitrogens is 2. The number of ether oxygens (including phenoxy) is 1. The molecule has 0 atom stereocenters. The van der Waals surface area contributed by atoms with Crippen LogP contribution in [0.1, 0.15) is 16.3 Å². The van der Waals surface area contributed by atoms with Crippen LogP contribution in [0.4, 0.5) is 0 Å². The molecule has 6 nitrogen and oxygen atoms in total. The molecule has 0 saturated carbocycles. The fraction of sp³-hybridized carbons (Fsp3) is 0.545. The van der Waals surface area contributed by atoms with E-state index in [2.05, 4.69) is 24.6 Å². The first-order valence-corrected chi connectivity index (χ1v) is 9.39. The number of nitrogens with zero attached hydrogens (tertiary/aromatic N) is 3. The maximum Gasteiger partial charge on any atom is 0.284 e. The highest BCUT2D eigenvalue weighted by Gasteiger charge is 2.15. The molecule has 98 valence electrons. The number of carbonyl (C=O) groups excluding carboxylic acids is 1. The van der Waals surface area contributed by atoms with Gasteiger partial charge in [-0.25, -0.2) is 4.98 Å². The SMILES string of the molecule is C[Si](C)(C)CCOCn1c(C#N)cnc1C(N)=O. The van der Waals surface area contributed by atoms with Crippen molar-refractivity contribution in [3.63, 3.8) is 0 Å². The lowest BCUT2D eigenvalue weighted by molar-refractivity contribution is 0.0797. The van der Waals surface area contributed by atoms with E-state index in [1.165, 1.54) is 10.8 Å². The first-order valence-electron chi connectivity index (χ1n) is 5.68. The minimum absolute atomic E-state index is 0.0551. The topological polar surface area (TPSA) is 93.9 Å². The van der Waals surface area contributed by atoms with Crippen LogP contribution in [0, 0.1) is 11.3 Å². The highest BCUT2D eigenvalue weighted by Crippen LogP contribution is 2.09. The van der Waals surface area contributed by atoms with Crippen molar-refractivity contribution in [2.75, 3.05) is 6.61 Å². The summed E-state index contributed by atoms with van der Waals surface area (Å²) in [5, 5.41) is 8.89. The zero-order chi connectivity index (χ0) is 13.8. The summed E-state index contributed by atoms with van der Waals surface area (Å²) in [6.45, 7) is 7.50. The van der Waals surface area contributed by atoms with Gasteiger partial charge >= 0.3 is 0 Å². The summed E-state index contributed by atoms with van der Waals surface area (Å²) in [4.78, 5) is 14.9. The van der Waals surface area contributed by atoms with Crippen LogP contribution in [0.15, 0.2) is 6.20 Å². The molecule has 1 aromatic rings. The molecule has 0 aromatic carbocycles. The van der Waals surface area contributed by atoms with Gasteiger partial charge in [-0.1, -0.05) is 19.6 Å². The van der Waals surface area contributed by atoms with Crippen molar-refractivity contribution in [2.45, 2.75) is 32.4 Å². The van der Waals surface area contributed by atoms with Crippen LogP contribution in [0.5, 0.6) is 0 Å². The molecule has 0 radical (unpaired) electrons. The van der Waals surface area contributed by atoms with Crippen LogP contribution in [0.3, 0.4) is 0 Å². The number of hydrogen-bond acceptors (Lipinski definition) is 4. The Kier molecular flexibility index (Phi) is 4.64. The third kappa shape index (κ3) is 3.98. The number of rotatable bonds is 6. The van der Waals surface area contributed by atoms with Crippen molar-refractivity contribution in [3.05, 3.63) is 17.7 Å². The van der Waals surface area contributed by atoms with Gasteiger partial charge in [0.1, 0.15) is 18.5 Å². The van der Waals surface area contributed by atoms with Gasteiger partial charge in [0.05, 0.1) is 6.20 Å². The second kappa shape index (κ2) is 5.80. The van der Waals surface area contributed by atoms with Gasteiger partial charge in [-0.05, 0) is 6.04 Å². The average molecular weight is 266 g/mol. The first-order chi connectivity index (χ1) is 8.35. The average Bonchev–Trinajstić information content (AvgIpc) is 2.66. The Bertz CT molecular complexity index is 470. The largest absolute Gasteiger partial charge is 0.363 e. The maximum atomic E-state index is 11.1. The Morgan fingerprint density at radius 2 is 2.28 bits per heavy atom. The molecule has 1 aromatic heterocycles. The number of hydrogen-bond donors (Lipinski definition) is 1. The van der Waals surface area contributed by atoms with Crippen LogP contribution >= 0.6 is 0 Å². The Labute approximate surface area is 107 Å². The van der Waals surface area contributed by atoms with Crippen LogP contribution < -0.4 is 5.73 Å².